The van der Waals surface area contributed by atoms with Gasteiger partial charge in [0.15, 0.2) is 4.77 Å². The highest BCUT2D eigenvalue weighted by Gasteiger charge is 2.07. The third-order valence-corrected chi connectivity index (χ3v) is 3.69. The van der Waals surface area contributed by atoms with Crippen LogP contribution in [0.25, 0.3) is 16.7 Å². The Morgan fingerprint density at radius 1 is 1.20 bits per heavy atom. The number of imidazole rings is 1. The van der Waals surface area contributed by atoms with E-state index in [1.165, 1.54) is 5.56 Å². The van der Waals surface area contributed by atoms with Crippen LogP contribution in [0.1, 0.15) is 11.1 Å². The Labute approximate surface area is 122 Å². The standard InChI is InChI=1S/C16H13N3S/c1-11-3-2-4-14-15(11)18-16(20)19(14)13-7-5-12(6-8-13)9-10-17/h2-8H,9H2,1H3,(H,18,20). The zero-order valence-electron chi connectivity index (χ0n) is 11.1. The van der Waals surface area contributed by atoms with Crippen molar-refractivity contribution >= 4 is 23.3 Å². The maximum atomic E-state index is 8.71. The third kappa shape index (κ3) is 2.02. The predicted molar refractivity (Wildman–Crippen MR) is 82.5 cm³/mol. The molecule has 98 valence electrons. The van der Waals surface area contributed by atoms with Gasteiger partial charge in [-0.15, -0.1) is 0 Å². The van der Waals surface area contributed by atoms with Crippen LogP contribution in [0.5, 0.6) is 0 Å². The Balaban J connectivity index is 2.19. The molecule has 0 radical (unpaired) electrons. The number of rotatable bonds is 2. The first kappa shape index (κ1) is 12.6. The molecule has 3 nitrogen and oxygen atoms in total. The summed E-state index contributed by atoms with van der Waals surface area (Å²) in [6, 6.07) is 16.2. The lowest BCUT2D eigenvalue weighted by Gasteiger charge is -2.05. The van der Waals surface area contributed by atoms with Crippen LogP contribution in [0, 0.1) is 23.0 Å². The smallest absolute Gasteiger partial charge is 0.182 e. The Kier molecular flexibility index (Phi) is 3.13. The molecule has 0 atom stereocenters. The van der Waals surface area contributed by atoms with Gasteiger partial charge in [-0.05, 0) is 48.5 Å². The number of hydrogen-bond acceptors (Lipinski definition) is 2. The number of fused-ring (bicyclic) bond motifs is 1. The molecule has 2 aromatic carbocycles. The summed E-state index contributed by atoms with van der Waals surface area (Å²) in [5.74, 6) is 0. The molecule has 0 unspecified atom stereocenters. The average molecular weight is 279 g/mol. The van der Waals surface area contributed by atoms with Crippen LogP contribution in [-0.4, -0.2) is 9.55 Å². The van der Waals surface area contributed by atoms with Crippen molar-refractivity contribution in [2.45, 2.75) is 13.3 Å². The molecule has 0 fully saturated rings. The summed E-state index contributed by atoms with van der Waals surface area (Å²) in [6.07, 6.45) is 0.429. The van der Waals surface area contributed by atoms with E-state index in [2.05, 4.69) is 30.1 Å². The topological polar surface area (TPSA) is 44.5 Å². The highest BCUT2D eigenvalue weighted by Crippen LogP contribution is 2.22. The molecule has 0 spiro atoms. The van der Waals surface area contributed by atoms with E-state index in [0.717, 1.165) is 22.3 Å². The van der Waals surface area contributed by atoms with Crippen LogP contribution >= 0.6 is 12.2 Å². The normalized spacial score (nSPS) is 10.6. The molecule has 0 saturated carbocycles. The zero-order valence-corrected chi connectivity index (χ0v) is 11.9. The lowest BCUT2D eigenvalue weighted by Crippen LogP contribution is -1.94. The first-order chi connectivity index (χ1) is 9.70. The molecule has 1 heterocycles. The van der Waals surface area contributed by atoms with Gasteiger partial charge in [-0.1, -0.05) is 24.3 Å². The molecule has 3 aromatic rings. The molecule has 0 bridgehead atoms. The maximum Gasteiger partial charge on any atom is 0.182 e. The van der Waals surface area contributed by atoms with Crippen molar-refractivity contribution in [3.8, 4) is 11.8 Å². The summed E-state index contributed by atoms with van der Waals surface area (Å²) in [5.41, 5.74) is 5.34. The molecule has 0 saturated heterocycles. The molecule has 0 aliphatic carbocycles. The van der Waals surface area contributed by atoms with Crippen LogP contribution in [0.15, 0.2) is 42.5 Å². The van der Waals surface area contributed by atoms with Crippen molar-refractivity contribution in [3.05, 3.63) is 58.4 Å². The van der Waals surface area contributed by atoms with E-state index in [-0.39, 0.29) is 0 Å². The number of nitrogens with one attached hydrogen (secondary N) is 1. The molecular formula is C16H13N3S. The summed E-state index contributed by atoms with van der Waals surface area (Å²) in [5, 5.41) is 8.71. The second kappa shape index (κ2) is 4.95. The monoisotopic (exact) mass is 279 g/mol. The molecule has 3 rings (SSSR count). The van der Waals surface area contributed by atoms with Crippen molar-refractivity contribution in [2.75, 3.05) is 0 Å². The van der Waals surface area contributed by atoms with Gasteiger partial charge in [-0.2, -0.15) is 5.26 Å². The largest absolute Gasteiger partial charge is 0.330 e. The van der Waals surface area contributed by atoms with E-state index >= 15 is 0 Å². The van der Waals surface area contributed by atoms with E-state index in [0.29, 0.717) is 11.2 Å². The summed E-state index contributed by atoms with van der Waals surface area (Å²) in [7, 11) is 0. The van der Waals surface area contributed by atoms with Crippen molar-refractivity contribution in [3.63, 3.8) is 0 Å². The van der Waals surface area contributed by atoms with E-state index in [1.54, 1.807) is 0 Å². The van der Waals surface area contributed by atoms with Gasteiger partial charge in [-0.3, -0.25) is 4.57 Å². The first-order valence-electron chi connectivity index (χ1n) is 6.37. The number of aromatic nitrogens is 2. The number of H-pyrrole nitrogens is 1. The zero-order chi connectivity index (χ0) is 14.1. The molecule has 20 heavy (non-hydrogen) atoms. The Morgan fingerprint density at radius 2 is 1.95 bits per heavy atom. The van der Waals surface area contributed by atoms with Crippen molar-refractivity contribution in [2.24, 2.45) is 0 Å². The SMILES string of the molecule is Cc1cccc2c1[nH]c(=S)n2-c1ccc(CC#N)cc1. The highest BCUT2D eigenvalue weighted by molar-refractivity contribution is 7.71. The molecule has 1 N–H and O–H groups in total. The van der Waals surface area contributed by atoms with Gasteiger partial charge in [0.2, 0.25) is 0 Å². The summed E-state index contributed by atoms with van der Waals surface area (Å²) in [4.78, 5) is 3.26. The van der Waals surface area contributed by atoms with E-state index < -0.39 is 0 Å². The number of aryl methyl sites for hydroxylation is 1. The summed E-state index contributed by atoms with van der Waals surface area (Å²) < 4.78 is 2.70. The number of aromatic amines is 1. The number of nitrogens with zero attached hydrogens (tertiary/aromatic N) is 2. The lowest BCUT2D eigenvalue weighted by atomic mass is 10.1. The van der Waals surface area contributed by atoms with Gasteiger partial charge in [-0.25, -0.2) is 0 Å². The maximum absolute atomic E-state index is 8.71. The van der Waals surface area contributed by atoms with Gasteiger partial charge in [0.25, 0.3) is 0 Å². The summed E-state index contributed by atoms with van der Waals surface area (Å²) >= 11 is 5.43. The van der Waals surface area contributed by atoms with Gasteiger partial charge in [0.1, 0.15) is 0 Å². The minimum absolute atomic E-state index is 0.429. The number of para-hydroxylation sites is 1. The van der Waals surface area contributed by atoms with E-state index in [9.17, 15) is 0 Å². The Hall–Kier alpha value is -2.38. The molecule has 0 aliphatic rings. The molecule has 0 aliphatic heterocycles. The number of nitriles is 1. The minimum atomic E-state index is 0.429. The average Bonchev–Trinajstić information content (AvgIpc) is 2.78. The molecule has 0 amide bonds. The Morgan fingerprint density at radius 3 is 2.65 bits per heavy atom. The molecular weight excluding hydrogens is 266 g/mol. The van der Waals surface area contributed by atoms with Gasteiger partial charge < -0.3 is 4.98 Å². The fourth-order valence-corrected chi connectivity index (χ4v) is 2.69. The Bertz CT molecular complexity index is 863. The molecule has 1 aromatic heterocycles. The van der Waals surface area contributed by atoms with Gasteiger partial charge in [0, 0.05) is 5.69 Å². The highest BCUT2D eigenvalue weighted by atomic mass is 32.1. The van der Waals surface area contributed by atoms with Gasteiger partial charge in [0.05, 0.1) is 23.5 Å². The third-order valence-electron chi connectivity index (χ3n) is 3.40. The number of hydrogen-bond donors (Lipinski definition) is 1. The second-order valence-corrected chi connectivity index (χ2v) is 5.12. The van der Waals surface area contributed by atoms with Crippen LogP contribution in [0.2, 0.25) is 0 Å². The second-order valence-electron chi connectivity index (χ2n) is 4.74. The number of benzene rings is 2. The van der Waals surface area contributed by atoms with Crippen molar-refractivity contribution in [1.29, 1.82) is 5.26 Å². The van der Waals surface area contributed by atoms with E-state index in [1.807, 2.05) is 34.9 Å². The summed E-state index contributed by atoms with van der Waals surface area (Å²) in [6.45, 7) is 2.06. The quantitative estimate of drug-likeness (QED) is 0.719. The van der Waals surface area contributed by atoms with Crippen LogP contribution in [0.3, 0.4) is 0 Å². The van der Waals surface area contributed by atoms with Crippen LogP contribution in [0.4, 0.5) is 0 Å². The predicted octanol–water partition coefficient (Wildman–Crippen LogP) is 4.06. The van der Waals surface area contributed by atoms with E-state index in [4.69, 9.17) is 17.5 Å². The fraction of sp³-hybridized carbons (Fsp3) is 0.125. The van der Waals surface area contributed by atoms with Crippen molar-refractivity contribution in [1.82, 2.24) is 9.55 Å². The lowest BCUT2D eigenvalue weighted by molar-refractivity contribution is 1.06. The minimum Gasteiger partial charge on any atom is -0.330 e. The fourth-order valence-electron chi connectivity index (χ4n) is 2.38. The van der Waals surface area contributed by atoms with Crippen LogP contribution < -0.4 is 0 Å². The van der Waals surface area contributed by atoms with Crippen molar-refractivity contribution < 1.29 is 0 Å². The van der Waals surface area contributed by atoms with Gasteiger partial charge >= 0.3 is 0 Å². The first-order valence-corrected chi connectivity index (χ1v) is 6.78. The molecule has 4 heteroatoms. The van der Waals surface area contributed by atoms with Crippen LogP contribution in [-0.2, 0) is 6.42 Å².